The van der Waals surface area contributed by atoms with Gasteiger partial charge in [-0.15, -0.1) is 0 Å². The van der Waals surface area contributed by atoms with E-state index in [9.17, 15) is 9.59 Å². The lowest BCUT2D eigenvalue weighted by molar-refractivity contribution is 0.668. The van der Waals surface area contributed by atoms with E-state index < -0.39 is 0 Å². The summed E-state index contributed by atoms with van der Waals surface area (Å²) in [6.45, 7) is 4.17. The Bertz CT molecular complexity index is 636. The van der Waals surface area contributed by atoms with Crippen molar-refractivity contribution in [3.8, 4) is 11.1 Å². The summed E-state index contributed by atoms with van der Waals surface area (Å²) in [6.07, 6.45) is 0. The van der Waals surface area contributed by atoms with Crippen LogP contribution in [0.4, 0.5) is 0 Å². The Hall–Kier alpha value is -2.10. The standard InChI is InChI=1S/C7H10N2O2.C6H4/c1-3-9-5(2)4-6(10)8-7(9)11;1-2-5-4-6(5)3-1/h4H,3H2,1-2H3,(H,8,10,11);1-4H. The van der Waals surface area contributed by atoms with Crippen molar-refractivity contribution >= 4 is 0 Å². The summed E-state index contributed by atoms with van der Waals surface area (Å²) in [4.78, 5) is 23.9. The zero-order valence-electron chi connectivity index (χ0n) is 9.86. The van der Waals surface area contributed by atoms with Gasteiger partial charge in [0.2, 0.25) is 0 Å². The fourth-order valence-corrected chi connectivity index (χ4v) is 1.71. The maximum absolute atomic E-state index is 11.0. The fraction of sp³-hybridized carbons (Fsp3) is 0.231. The lowest BCUT2D eigenvalue weighted by Crippen LogP contribution is -2.30. The molecule has 0 amide bonds. The van der Waals surface area contributed by atoms with Gasteiger partial charge in [0.15, 0.2) is 0 Å². The number of rotatable bonds is 1. The van der Waals surface area contributed by atoms with Crippen molar-refractivity contribution in [3.63, 3.8) is 0 Å². The lowest BCUT2D eigenvalue weighted by atomic mass is 10.4. The van der Waals surface area contributed by atoms with Crippen LogP contribution in [0.3, 0.4) is 0 Å². The molecule has 2 aliphatic carbocycles. The van der Waals surface area contributed by atoms with Crippen LogP contribution in [0.25, 0.3) is 11.1 Å². The number of benzene rings is 1. The molecule has 1 heterocycles. The quantitative estimate of drug-likeness (QED) is 0.689. The molecule has 88 valence electrons. The number of aromatic nitrogens is 2. The molecule has 0 spiro atoms. The molecule has 3 rings (SSSR count). The van der Waals surface area contributed by atoms with Gasteiger partial charge in [-0.2, -0.15) is 0 Å². The summed E-state index contributed by atoms with van der Waals surface area (Å²) < 4.78 is 1.50. The molecule has 0 unspecified atom stereocenters. The summed E-state index contributed by atoms with van der Waals surface area (Å²) in [5.41, 5.74) is 2.88. The molecule has 1 aromatic rings. The van der Waals surface area contributed by atoms with E-state index in [4.69, 9.17) is 0 Å². The Labute approximate surface area is 98.6 Å². The third kappa shape index (κ3) is 2.53. The minimum atomic E-state index is -0.336. The molecular weight excluding hydrogens is 216 g/mol. The predicted octanol–water partition coefficient (Wildman–Crippen LogP) is 1.53. The summed E-state index contributed by atoms with van der Waals surface area (Å²) in [6, 6.07) is 9.89. The molecule has 4 heteroatoms. The predicted molar refractivity (Wildman–Crippen MR) is 67.2 cm³/mol. The van der Waals surface area contributed by atoms with E-state index in [1.165, 1.54) is 21.8 Å². The van der Waals surface area contributed by atoms with E-state index in [1.807, 2.05) is 6.92 Å². The third-order valence-corrected chi connectivity index (χ3v) is 2.67. The number of aromatic amines is 1. The second-order valence-electron chi connectivity index (χ2n) is 3.91. The van der Waals surface area contributed by atoms with E-state index in [0.29, 0.717) is 12.2 Å². The van der Waals surface area contributed by atoms with E-state index in [0.717, 1.165) is 0 Å². The molecule has 0 aliphatic heterocycles. The minimum Gasteiger partial charge on any atom is -0.298 e. The zero-order chi connectivity index (χ0) is 12.4. The second kappa shape index (κ2) is 4.41. The summed E-state index contributed by atoms with van der Waals surface area (Å²) in [5.74, 6) is 0. The van der Waals surface area contributed by atoms with Crippen LogP contribution in [0.2, 0.25) is 0 Å². The fourth-order valence-electron chi connectivity index (χ4n) is 1.71. The molecule has 0 fully saturated rings. The van der Waals surface area contributed by atoms with Crippen LogP contribution in [0.5, 0.6) is 0 Å². The van der Waals surface area contributed by atoms with Gasteiger partial charge in [0, 0.05) is 18.3 Å². The Morgan fingerprint density at radius 3 is 2.18 bits per heavy atom. The molecule has 4 nitrogen and oxygen atoms in total. The Morgan fingerprint density at radius 2 is 1.82 bits per heavy atom. The Morgan fingerprint density at radius 1 is 1.18 bits per heavy atom. The molecule has 0 saturated heterocycles. The zero-order valence-corrected chi connectivity index (χ0v) is 9.86. The van der Waals surface area contributed by atoms with Gasteiger partial charge in [0.25, 0.3) is 5.56 Å². The summed E-state index contributed by atoms with van der Waals surface area (Å²) >= 11 is 0. The van der Waals surface area contributed by atoms with Gasteiger partial charge in [0.05, 0.1) is 0 Å². The average molecular weight is 230 g/mol. The lowest BCUT2D eigenvalue weighted by Gasteiger charge is -2.02. The van der Waals surface area contributed by atoms with E-state index in [1.54, 1.807) is 6.92 Å². The number of nitrogens with zero attached hydrogens (tertiary/aromatic N) is 1. The van der Waals surface area contributed by atoms with Gasteiger partial charge in [-0.3, -0.25) is 14.3 Å². The molecule has 0 aromatic carbocycles. The molecule has 0 saturated carbocycles. The maximum Gasteiger partial charge on any atom is 0.328 e. The van der Waals surface area contributed by atoms with Gasteiger partial charge in [-0.25, -0.2) is 4.79 Å². The van der Waals surface area contributed by atoms with Crippen LogP contribution in [-0.2, 0) is 6.54 Å². The van der Waals surface area contributed by atoms with Gasteiger partial charge < -0.3 is 0 Å². The van der Waals surface area contributed by atoms with E-state index in [-0.39, 0.29) is 11.2 Å². The molecular formula is C13H14N2O2. The number of nitrogens with one attached hydrogen (secondary N) is 1. The van der Waals surface area contributed by atoms with Gasteiger partial charge >= 0.3 is 5.69 Å². The number of hydrogen-bond donors (Lipinski definition) is 1. The first kappa shape index (κ1) is 11.4. The smallest absolute Gasteiger partial charge is 0.298 e. The first-order valence-electron chi connectivity index (χ1n) is 5.53. The van der Waals surface area contributed by atoms with Crippen LogP contribution in [-0.4, -0.2) is 9.55 Å². The molecule has 0 radical (unpaired) electrons. The van der Waals surface area contributed by atoms with E-state index in [2.05, 4.69) is 29.2 Å². The number of H-pyrrole nitrogens is 1. The first-order valence-corrected chi connectivity index (χ1v) is 5.53. The summed E-state index contributed by atoms with van der Waals surface area (Å²) in [7, 11) is 0. The van der Waals surface area contributed by atoms with Crippen molar-refractivity contribution in [2.75, 3.05) is 0 Å². The summed E-state index contributed by atoms with van der Waals surface area (Å²) in [5, 5.41) is 0. The monoisotopic (exact) mass is 230 g/mol. The number of aryl methyl sites for hydroxylation is 1. The van der Waals surface area contributed by atoms with Crippen LogP contribution in [0, 0.1) is 6.92 Å². The highest BCUT2D eigenvalue weighted by molar-refractivity contribution is 5.80. The minimum absolute atomic E-state index is 0.336. The molecule has 2 aliphatic rings. The van der Waals surface area contributed by atoms with E-state index >= 15 is 0 Å². The van der Waals surface area contributed by atoms with Crippen LogP contribution >= 0.6 is 0 Å². The first-order chi connectivity index (χ1) is 8.11. The van der Waals surface area contributed by atoms with Gasteiger partial charge in [-0.1, -0.05) is 18.2 Å². The van der Waals surface area contributed by atoms with Crippen molar-refractivity contribution in [3.05, 3.63) is 56.9 Å². The van der Waals surface area contributed by atoms with Gasteiger partial charge in [0.1, 0.15) is 0 Å². The van der Waals surface area contributed by atoms with Crippen molar-refractivity contribution < 1.29 is 0 Å². The van der Waals surface area contributed by atoms with Crippen LogP contribution in [0.1, 0.15) is 12.6 Å². The van der Waals surface area contributed by atoms with Crippen molar-refractivity contribution in [1.29, 1.82) is 0 Å². The normalized spacial score (nSPS) is 10.5. The second-order valence-corrected chi connectivity index (χ2v) is 3.91. The molecule has 17 heavy (non-hydrogen) atoms. The number of fused-ring (bicyclic) bond motifs is 1. The van der Waals surface area contributed by atoms with Crippen molar-refractivity contribution in [1.82, 2.24) is 9.55 Å². The Balaban J connectivity index is 0.000000148. The highest BCUT2D eigenvalue weighted by Gasteiger charge is 2.06. The number of hydrogen-bond acceptors (Lipinski definition) is 2. The molecule has 0 atom stereocenters. The molecule has 1 aromatic heterocycles. The highest BCUT2D eigenvalue weighted by atomic mass is 16.2. The van der Waals surface area contributed by atoms with Crippen LogP contribution < -0.4 is 11.2 Å². The average Bonchev–Trinajstić information content (AvgIpc) is 2.86. The van der Waals surface area contributed by atoms with Crippen molar-refractivity contribution in [2.45, 2.75) is 20.4 Å². The largest absolute Gasteiger partial charge is 0.328 e. The Kier molecular flexibility index (Phi) is 2.95. The SMILES string of the molecule is CCn1c(C)cc(=O)[nH]c1=O.c1cc2cc-2c1. The highest BCUT2D eigenvalue weighted by Crippen LogP contribution is 2.32. The van der Waals surface area contributed by atoms with Gasteiger partial charge in [-0.05, 0) is 31.0 Å². The van der Waals surface area contributed by atoms with Crippen molar-refractivity contribution in [2.24, 2.45) is 0 Å². The topological polar surface area (TPSA) is 54.9 Å². The van der Waals surface area contributed by atoms with Crippen LogP contribution in [0.15, 0.2) is 39.9 Å². The maximum atomic E-state index is 11.0. The molecule has 0 bridgehead atoms. The molecule has 1 N–H and O–H groups in total. The third-order valence-electron chi connectivity index (χ3n) is 2.67.